The summed E-state index contributed by atoms with van der Waals surface area (Å²) in [5.74, 6) is 0.545. The molecule has 3 aromatic rings. The van der Waals surface area contributed by atoms with Crippen molar-refractivity contribution in [2.24, 2.45) is 0 Å². The largest absolute Gasteiger partial charge is 0.460 e. The van der Waals surface area contributed by atoms with E-state index in [-0.39, 0.29) is 11.9 Å². The van der Waals surface area contributed by atoms with Gasteiger partial charge in [-0.1, -0.05) is 37.6 Å². The molecule has 0 atom stereocenters. The maximum absolute atomic E-state index is 13.5. The minimum Gasteiger partial charge on any atom is -0.460 e. The summed E-state index contributed by atoms with van der Waals surface area (Å²) in [6.07, 6.45) is 2.31. The third-order valence-corrected chi connectivity index (χ3v) is 5.18. The molecule has 0 saturated heterocycles. The molecule has 0 amide bonds. The summed E-state index contributed by atoms with van der Waals surface area (Å²) in [6, 6.07) is 12.4. The van der Waals surface area contributed by atoms with E-state index in [1.165, 1.54) is 0 Å². The van der Waals surface area contributed by atoms with Gasteiger partial charge >= 0.3 is 5.97 Å². The molecule has 0 saturated carbocycles. The molecule has 6 heteroatoms. The summed E-state index contributed by atoms with van der Waals surface area (Å²) in [4.78, 5) is 25.9. The van der Waals surface area contributed by atoms with Crippen LogP contribution in [-0.2, 0) is 22.5 Å². The zero-order valence-corrected chi connectivity index (χ0v) is 19.5. The maximum Gasteiger partial charge on any atom is 0.338 e. The highest BCUT2D eigenvalue weighted by Gasteiger charge is 2.23. The Labute approximate surface area is 193 Å². The summed E-state index contributed by atoms with van der Waals surface area (Å²) in [6.45, 7) is 6.62. The molecule has 0 bridgehead atoms. The predicted molar refractivity (Wildman–Crippen MR) is 126 cm³/mol. The standard InChI is InChI=1S/C26H29ClO5/c1-4-5-6-23-24(25(28)19-9-7-18(8-10-19)16-30-14-13-27)21-15-20(11-12-22(21)32-23)26(29)31-17(2)3/h7-12,15,17H,4-6,13-14,16H2,1-3H3. The van der Waals surface area contributed by atoms with Crippen LogP contribution in [0.1, 0.15) is 71.2 Å². The van der Waals surface area contributed by atoms with Crippen molar-refractivity contribution in [2.75, 3.05) is 12.5 Å². The number of benzene rings is 2. The molecule has 0 aliphatic heterocycles. The van der Waals surface area contributed by atoms with Crippen molar-refractivity contribution in [3.05, 3.63) is 70.5 Å². The minimum absolute atomic E-state index is 0.127. The van der Waals surface area contributed by atoms with Gasteiger partial charge in [-0.3, -0.25) is 4.79 Å². The van der Waals surface area contributed by atoms with Crippen molar-refractivity contribution in [1.82, 2.24) is 0 Å². The van der Waals surface area contributed by atoms with Crippen molar-refractivity contribution < 1.29 is 23.5 Å². The highest BCUT2D eigenvalue weighted by Crippen LogP contribution is 2.31. The summed E-state index contributed by atoms with van der Waals surface area (Å²) >= 11 is 5.64. The normalized spacial score (nSPS) is 11.3. The van der Waals surface area contributed by atoms with Crippen LogP contribution in [0.25, 0.3) is 11.0 Å². The van der Waals surface area contributed by atoms with Crippen molar-refractivity contribution >= 4 is 34.3 Å². The van der Waals surface area contributed by atoms with Gasteiger partial charge in [-0.25, -0.2) is 4.79 Å². The van der Waals surface area contributed by atoms with E-state index in [1.54, 1.807) is 44.2 Å². The molecule has 170 valence electrons. The van der Waals surface area contributed by atoms with Crippen LogP contribution in [0.4, 0.5) is 0 Å². The number of carbonyl (C=O) groups excluding carboxylic acids is 2. The van der Waals surface area contributed by atoms with Gasteiger partial charge in [0.25, 0.3) is 0 Å². The molecule has 2 aromatic carbocycles. The summed E-state index contributed by atoms with van der Waals surface area (Å²) in [7, 11) is 0. The van der Waals surface area contributed by atoms with E-state index in [1.807, 2.05) is 12.1 Å². The Bertz CT molecular complexity index is 1070. The van der Waals surface area contributed by atoms with E-state index in [2.05, 4.69) is 6.92 Å². The van der Waals surface area contributed by atoms with Gasteiger partial charge in [-0.2, -0.15) is 0 Å². The fourth-order valence-electron chi connectivity index (χ4n) is 3.46. The first-order valence-electron chi connectivity index (χ1n) is 11.0. The number of alkyl halides is 1. The molecule has 5 nitrogen and oxygen atoms in total. The SMILES string of the molecule is CCCCc1oc2ccc(C(=O)OC(C)C)cc2c1C(=O)c1ccc(COCCCl)cc1. The zero-order chi connectivity index (χ0) is 23.1. The van der Waals surface area contributed by atoms with Gasteiger partial charge in [0, 0.05) is 23.3 Å². The molecular formula is C26H29ClO5. The first kappa shape index (κ1) is 24.0. The topological polar surface area (TPSA) is 65.7 Å². The van der Waals surface area contributed by atoms with E-state index in [9.17, 15) is 9.59 Å². The number of esters is 1. The van der Waals surface area contributed by atoms with Gasteiger partial charge < -0.3 is 13.9 Å². The van der Waals surface area contributed by atoms with Crippen LogP contribution in [0.15, 0.2) is 46.9 Å². The first-order valence-corrected chi connectivity index (χ1v) is 11.5. The van der Waals surface area contributed by atoms with Gasteiger partial charge in [0.05, 0.1) is 30.4 Å². The molecule has 0 aliphatic carbocycles. The van der Waals surface area contributed by atoms with Crippen molar-refractivity contribution in [2.45, 2.75) is 52.7 Å². The summed E-state index contributed by atoms with van der Waals surface area (Å²) < 4.78 is 16.8. The van der Waals surface area contributed by atoms with Gasteiger partial charge in [-0.15, -0.1) is 11.6 Å². The molecular weight excluding hydrogens is 428 g/mol. The summed E-state index contributed by atoms with van der Waals surface area (Å²) in [5, 5.41) is 0.633. The van der Waals surface area contributed by atoms with Crippen LogP contribution in [0, 0.1) is 0 Å². The molecule has 1 heterocycles. The van der Waals surface area contributed by atoms with Gasteiger partial charge in [0.2, 0.25) is 0 Å². The Morgan fingerprint density at radius 2 is 1.78 bits per heavy atom. The Balaban J connectivity index is 1.97. The number of ketones is 1. The zero-order valence-electron chi connectivity index (χ0n) is 18.8. The monoisotopic (exact) mass is 456 g/mol. The highest BCUT2D eigenvalue weighted by molar-refractivity contribution is 6.18. The maximum atomic E-state index is 13.5. The molecule has 0 spiro atoms. The molecule has 0 fully saturated rings. The lowest BCUT2D eigenvalue weighted by atomic mass is 9.97. The first-order chi connectivity index (χ1) is 15.4. The van der Waals surface area contributed by atoms with Crippen molar-refractivity contribution in [3.63, 3.8) is 0 Å². The lowest BCUT2D eigenvalue weighted by Gasteiger charge is -2.08. The van der Waals surface area contributed by atoms with Crippen LogP contribution in [0.2, 0.25) is 0 Å². The Morgan fingerprint density at radius 1 is 1.06 bits per heavy atom. The number of fused-ring (bicyclic) bond motifs is 1. The van der Waals surface area contributed by atoms with Crippen molar-refractivity contribution in [1.29, 1.82) is 0 Å². The van der Waals surface area contributed by atoms with E-state index in [4.69, 9.17) is 25.5 Å². The molecule has 3 rings (SSSR count). The lowest BCUT2D eigenvalue weighted by molar-refractivity contribution is 0.0378. The second-order valence-electron chi connectivity index (χ2n) is 7.94. The third-order valence-electron chi connectivity index (χ3n) is 5.03. The summed E-state index contributed by atoms with van der Waals surface area (Å²) in [5.41, 5.74) is 3.02. The number of unbranched alkanes of at least 4 members (excludes halogenated alkanes) is 1. The van der Waals surface area contributed by atoms with Gasteiger partial charge in [0.15, 0.2) is 5.78 Å². The van der Waals surface area contributed by atoms with Gasteiger partial charge in [-0.05, 0) is 44.0 Å². The highest BCUT2D eigenvalue weighted by atomic mass is 35.5. The second-order valence-corrected chi connectivity index (χ2v) is 8.31. The number of ether oxygens (including phenoxy) is 2. The smallest absolute Gasteiger partial charge is 0.338 e. The number of hydrogen-bond donors (Lipinski definition) is 0. The number of halogens is 1. The predicted octanol–water partition coefficient (Wildman–Crippen LogP) is 6.33. The van der Waals surface area contributed by atoms with E-state index < -0.39 is 5.97 Å². The molecule has 1 aromatic heterocycles. The Hall–Kier alpha value is -2.63. The second kappa shape index (κ2) is 11.3. The Morgan fingerprint density at radius 3 is 2.44 bits per heavy atom. The molecule has 0 unspecified atom stereocenters. The van der Waals surface area contributed by atoms with Crippen LogP contribution < -0.4 is 0 Å². The van der Waals surface area contributed by atoms with Crippen LogP contribution in [-0.4, -0.2) is 30.3 Å². The number of aryl methyl sites for hydroxylation is 1. The van der Waals surface area contributed by atoms with E-state index in [0.717, 1.165) is 18.4 Å². The molecule has 0 radical (unpaired) electrons. The quantitative estimate of drug-likeness (QED) is 0.146. The van der Waals surface area contributed by atoms with E-state index >= 15 is 0 Å². The lowest BCUT2D eigenvalue weighted by Crippen LogP contribution is -2.11. The average Bonchev–Trinajstić information content (AvgIpc) is 3.14. The molecule has 32 heavy (non-hydrogen) atoms. The fourth-order valence-corrected chi connectivity index (χ4v) is 3.57. The minimum atomic E-state index is -0.419. The van der Waals surface area contributed by atoms with Crippen LogP contribution >= 0.6 is 11.6 Å². The molecule has 0 aliphatic rings. The number of hydrogen-bond acceptors (Lipinski definition) is 5. The third kappa shape index (κ3) is 5.78. The van der Waals surface area contributed by atoms with Crippen LogP contribution in [0.5, 0.6) is 0 Å². The van der Waals surface area contributed by atoms with Gasteiger partial charge in [0.1, 0.15) is 11.3 Å². The average molecular weight is 457 g/mol. The molecule has 0 N–H and O–H groups in total. The van der Waals surface area contributed by atoms with E-state index in [0.29, 0.717) is 58.9 Å². The Kier molecular flexibility index (Phi) is 8.48. The van der Waals surface area contributed by atoms with Crippen molar-refractivity contribution in [3.8, 4) is 0 Å². The van der Waals surface area contributed by atoms with Crippen LogP contribution in [0.3, 0.4) is 0 Å². The fraction of sp³-hybridized carbons (Fsp3) is 0.385. The number of carbonyl (C=O) groups is 2. The number of rotatable bonds is 11. The number of furan rings is 1.